The van der Waals surface area contributed by atoms with E-state index in [1.54, 1.807) is 0 Å². The average Bonchev–Trinajstić information content (AvgIpc) is 2.42. The van der Waals surface area contributed by atoms with Gasteiger partial charge < -0.3 is 0 Å². The third-order valence-corrected chi connectivity index (χ3v) is 4.26. The van der Waals surface area contributed by atoms with Crippen molar-refractivity contribution in [3.8, 4) is 0 Å². The number of aryl methyl sites for hydroxylation is 2. The van der Waals surface area contributed by atoms with E-state index in [1.165, 1.54) is 53.0 Å². The number of hydrogen-bond acceptors (Lipinski definition) is 0. The van der Waals surface area contributed by atoms with Gasteiger partial charge >= 0.3 is 11.5 Å². The molecule has 0 radical (unpaired) electrons. The monoisotopic (exact) mass is 237 g/mol. The van der Waals surface area contributed by atoms with Crippen molar-refractivity contribution in [1.82, 2.24) is 0 Å². The van der Waals surface area contributed by atoms with Crippen LogP contribution in [0.1, 0.15) is 46.6 Å². The van der Waals surface area contributed by atoms with E-state index in [4.69, 9.17) is 4.42 Å². The fourth-order valence-electron chi connectivity index (χ4n) is 3.26. The van der Waals surface area contributed by atoms with E-state index in [1.807, 2.05) is 0 Å². The summed E-state index contributed by atoms with van der Waals surface area (Å²) >= 11 is 0. The molecule has 0 saturated heterocycles. The van der Waals surface area contributed by atoms with Crippen molar-refractivity contribution in [3.63, 3.8) is 0 Å². The third-order valence-electron chi connectivity index (χ3n) is 4.26. The SMILES string of the molecule is c1ccc2c(c1)Cc1cc3c([o+]c1C2)CCCC3. The summed E-state index contributed by atoms with van der Waals surface area (Å²) in [5.74, 6) is 2.45. The van der Waals surface area contributed by atoms with Gasteiger partial charge in [0.25, 0.3) is 0 Å². The van der Waals surface area contributed by atoms with Gasteiger partial charge in [-0.1, -0.05) is 24.3 Å². The van der Waals surface area contributed by atoms with Crippen LogP contribution in [0, 0.1) is 0 Å². The molecule has 90 valence electrons. The third kappa shape index (κ3) is 1.58. The van der Waals surface area contributed by atoms with Gasteiger partial charge in [-0.3, -0.25) is 0 Å². The van der Waals surface area contributed by atoms with Crippen LogP contribution in [0.3, 0.4) is 0 Å². The molecular weight excluding hydrogens is 220 g/mol. The maximum atomic E-state index is 6.18. The van der Waals surface area contributed by atoms with Crippen molar-refractivity contribution in [1.29, 1.82) is 0 Å². The lowest BCUT2D eigenvalue weighted by Gasteiger charge is -2.15. The first kappa shape index (κ1) is 10.3. The van der Waals surface area contributed by atoms with Crippen LogP contribution in [0.4, 0.5) is 0 Å². The lowest BCUT2D eigenvalue weighted by molar-refractivity contribution is 0.417. The zero-order valence-corrected chi connectivity index (χ0v) is 10.5. The summed E-state index contributed by atoms with van der Waals surface area (Å²) < 4.78 is 6.18. The molecule has 0 bridgehead atoms. The molecule has 0 saturated carbocycles. The number of fused-ring (bicyclic) bond motifs is 3. The summed E-state index contributed by atoms with van der Waals surface area (Å²) in [6.45, 7) is 0. The molecule has 0 atom stereocenters. The molecule has 2 aliphatic rings. The molecule has 1 nitrogen and oxygen atoms in total. The Hall–Kier alpha value is -1.63. The topological polar surface area (TPSA) is 11.3 Å². The van der Waals surface area contributed by atoms with Crippen molar-refractivity contribution >= 4 is 0 Å². The Kier molecular flexibility index (Phi) is 2.26. The minimum atomic E-state index is 0.971. The molecule has 18 heavy (non-hydrogen) atoms. The second-order valence-electron chi connectivity index (χ2n) is 5.47. The van der Waals surface area contributed by atoms with E-state index in [0.717, 1.165) is 19.3 Å². The van der Waals surface area contributed by atoms with E-state index in [0.29, 0.717) is 0 Å². The van der Waals surface area contributed by atoms with Gasteiger partial charge in [-0.15, -0.1) is 0 Å². The lowest BCUT2D eigenvalue weighted by atomic mass is 9.87. The van der Waals surface area contributed by atoms with Crippen LogP contribution in [-0.4, -0.2) is 0 Å². The molecule has 0 spiro atoms. The molecule has 0 N–H and O–H groups in total. The molecule has 0 aliphatic heterocycles. The maximum absolute atomic E-state index is 6.18. The molecular formula is C17H17O+. The lowest BCUT2D eigenvalue weighted by Crippen LogP contribution is -2.11. The first-order valence-electron chi connectivity index (χ1n) is 6.93. The molecule has 0 fully saturated rings. The molecule has 2 aliphatic carbocycles. The zero-order chi connectivity index (χ0) is 11.9. The Morgan fingerprint density at radius 3 is 2.39 bits per heavy atom. The Bertz CT molecular complexity index is 559. The highest BCUT2D eigenvalue weighted by atomic mass is 16.3. The van der Waals surface area contributed by atoms with Gasteiger partial charge in [0.1, 0.15) is 0 Å². The van der Waals surface area contributed by atoms with Gasteiger partial charge in [0, 0.05) is 6.42 Å². The fraction of sp³-hybridized carbons (Fsp3) is 0.353. The van der Waals surface area contributed by atoms with Gasteiger partial charge in [0.2, 0.25) is 0 Å². The summed E-state index contributed by atoms with van der Waals surface area (Å²) in [7, 11) is 0. The smallest absolute Gasteiger partial charge is 0.217 e. The second kappa shape index (κ2) is 3.94. The summed E-state index contributed by atoms with van der Waals surface area (Å²) in [6.07, 6.45) is 6.95. The fourth-order valence-corrected chi connectivity index (χ4v) is 3.26. The molecule has 1 heterocycles. The quantitative estimate of drug-likeness (QED) is 0.539. The van der Waals surface area contributed by atoms with Crippen LogP contribution in [0.5, 0.6) is 0 Å². The van der Waals surface area contributed by atoms with Crippen molar-refractivity contribution in [2.75, 3.05) is 0 Å². The Labute approximate surface area is 107 Å². The summed E-state index contributed by atoms with van der Waals surface area (Å²) in [4.78, 5) is 0. The molecule has 1 aromatic heterocycles. The molecule has 1 aromatic carbocycles. The molecule has 4 rings (SSSR count). The van der Waals surface area contributed by atoms with Crippen LogP contribution in [0.2, 0.25) is 0 Å². The van der Waals surface area contributed by atoms with E-state index in [2.05, 4.69) is 30.3 Å². The van der Waals surface area contributed by atoms with Gasteiger partial charge in [0.05, 0.1) is 24.0 Å². The predicted molar refractivity (Wildman–Crippen MR) is 71.8 cm³/mol. The van der Waals surface area contributed by atoms with Gasteiger partial charge in [-0.2, -0.15) is 0 Å². The van der Waals surface area contributed by atoms with Crippen molar-refractivity contribution in [2.45, 2.75) is 38.5 Å². The van der Waals surface area contributed by atoms with Crippen LogP contribution < -0.4 is 0 Å². The minimum absolute atomic E-state index is 0.971. The van der Waals surface area contributed by atoms with E-state index in [-0.39, 0.29) is 0 Å². The molecule has 2 aromatic rings. The molecule has 0 unspecified atom stereocenters. The van der Waals surface area contributed by atoms with Crippen LogP contribution >= 0.6 is 0 Å². The van der Waals surface area contributed by atoms with E-state index < -0.39 is 0 Å². The molecule has 1 heteroatoms. The highest BCUT2D eigenvalue weighted by Gasteiger charge is 2.29. The Balaban J connectivity index is 1.81. The van der Waals surface area contributed by atoms with E-state index >= 15 is 0 Å². The predicted octanol–water partition coefficient (Wildman–Crippen LogP) is 3.93. The summed E-state index contributed by atoms with van der Waals surface area (Å²) in [5, 5.41) is 0. The first-order chi connectivity index (χ1) is 8.90. The standard InChI is InChI=1S/C17H17O/c1-2-6-13-11-17-15(9-12(13)5-1)10-14-7-3-4-8-16(14)18-17/h1-2,5-6,10H,3-4,7-9,11H2/q+1. The van der Waals surface area contributed by atoms with Crippen LogP contribution in [0.15, 0.2) is 34.7 Å². The number of benzene rings is 1. The van der Waals surface area contributed by atoms with Gasteiger partial charge in [-0.05, 0) is 36.5 Å². The normalized spacial score (nSPS) is 16.7. The second-order valence-corrected chi connectivity index (χ2v) is 5.47. The maximum Gasteiger partial charge on any atom is 0.337 e. The number of rotatable bonds is 0. The zero-order valence-electron chi connectivity index (χ0n) is 10.5. The summed E-state index contributed by atoms with van der Waals surface area (Å²) in [5.41, 5.74) is 5.77. The summed E-state index contributed by atoms with van der Waals surface area (Å²) in [6, 6.07) is 11.1. The van der Waals surface area contributed by atoms with Crippen LogP contribution in [0.25, 0.3) is 0 Å². The highest BCUT2D eigenvalue weighted by molar-refractivity contribution is 5.43. The number of hydrogen-bond donors (Lipinski definition) is 0. The average molecular weight is 237 g/mol. The van der Waals surface area contributed by atoms with E-state index in [9.17, 15) is 0 Å². The van der Waals surface area contributed by atoms with Gasteiger partial charge in [0.15, 0.2) is 0 Å². The van der Waals surface area contributed by atoms with Gasteiger partial charge in [-0.25, -0.2) is 4.42 Å². The van der Waals surface area contributed by atoms with Crippen molar-refractivity contribution in [3.05, 3.63) is 64.1 Å². The minimum Gasteiger partial charge on any atom is -0.217 e. The van der Waals surface area contributed by atoms with Crippen molar-refractivity contribution < 1.29 is 4.42 Å². The first-order valence-corrected chi connectivity index (χ1v) is 6.93. The Morgan fingerprint density at radius 2 is 1.50 bits per heavy atom. The highest BCUT2D eigenvalue weighted by Crippen LogP contribution is 2.31. The van der Waals surface area contributed by atoms with Crippen LogP contribution in [-0.2, 0) is 25.7 Å². The van der Waals surface area contributed by atoms with Crippen molar-refractivity contribution in [2.24, 2.45) is 0 Å². The molecule has 0 amide bonds. The Morgan fingerprint density at radius 1 is 0.722 bits per heavy atom. The largest absolute Gasteiger partial charge is 0.337 e.